The molecule has 0 N–H and O–H groups in total. The molecule has 118 valence electrons. The molecule has 2 nitrogen and oxygen atoms in total. The lowest BCUT2D eigenvalue weighted by Gasteiger charge is -2.38. The van der Waals surface area contributed by atoms with E-state index in [0.717, 1.165) is 11.8 Å². The summed E-state index contributed by atoms with van der Waals surface area (Å²) in [5.41, 5.74) is 0.0192. The fourth-order valence-corrected chi connectivity index (χ4v) is 3.90. The molecule has 1 saturated heterocycles. The van der Waals surface area contributed by atoms with Gasteiger partial charge in [0, 0.05) is 19.6 Å². The first kappa shape index (κ1) is 16.3. The first-order valence-electron chi connectivity index (χ1n) is 8.86. The summed E-state index contributed by atoms with van der Waals surface area (Å²) in [6.45, 7) is 12.7. The molecule has 0 aromatic rings. The molecule has 1 heterocycles. The van der Waals surface area contributed by atoms with Crippen LogP contribution in [0.2, 0.25) is 0 Å². The van der Waals surface area contributed by atoms with E-state index in [2.05, 4.69) is 32.6 Å². The first-order chi connectivity index (χ1) is 9.46. The first-order valence-corrected chi connectivity index (χ1v) is 8.86. The van der Waals surface area contributed by atoms with Crippen LogP contribution in [0.1, 0.15) is 72.6 Å². The van der Waals surface area contributed by atoms with Crippen LogP contribution in [0.15, 0.2) is 0 Å². The van der Waals surface area contributed by atoms with E-state index >= 15 is 0 Å². The van der Waals surface area contributed by atoms with Gasteiger partial charge in [0.1, 0.15) is 0 Å². The third kappa shape index (κ3) is 5.37. The maximum absolute atomic E-state index is 6.12. The van der Waals surface area contributed by atoms with Gasteiger partial charge in [0.2, 0.25) is 0 Å². The van der Waals surface area contributed by atoms with Gasteiger partial charge in [0.15, 0.2) is 0 Å². The summed E-state index contributed by atoms with van der Waals surface area (Å²) in [5, 5.41) is 0. The second-order valence-corrected chi connectivity index (χ2v) is 8.03. The predicted molar refractivity (Wildman–Crippen MR) is 86.0 cm³/mol. The van der Waals surface area contributed by atoms with E-state index in [1.165, 1.54) is 64.6 Å². The van der Waals surface area contributed by atoms with Crippen LogP contribution in [-0.4, -0.2) is 36.2 Å². The van der Waals surface area contributed by atoms with Crippen LogP contribution in [0.4, 0.5) is 0 Å². The van der Waals surface area contributed by atoms with Crippen molar-refractivity contribution in [3.63, 3.8) is 0 Å². The number of ether oxygens (including phenoxy) is 1. The summed E-state index contributed by atoms with van der Waals surface area (Å²) in [5.74, 6) is 2.00. The highest BCUT2D eigenvalue weighted by Crippen LogP contribution is 2.31. The van der Waals surface area contributed by atoms with Crippen LogP contribution >= 0.6 is 0 Å². The normalized spacial score (nSPS) is 30.6. The van der Waals surface area contributed by atoms with Gasteiger partial charge in [0.25, 0.3) is 0 Å². The van der Waals surface area contributed by atoms with Gasteiger partial charge in [-0.15, -0.1) is 0 Å². The summed E-state index contributed by atoms with van der Waals surface area (Å²) in [6, 6.07) is 0. The highest BCUT2D eigenvalue weighted by Gasteiger charge is 2.27. The number of hydrogen-bond donors (Lipinski definition) is 0. The lowest BCUT2D eigenvalue weighted by Crippen LogP contribution is -2.42. The molecule has 0 amide bonds. The van der Waals surface area contributed by atoms with Crippen LogP contribution in [0.25, 0.3) is 0 Å². The van der Waals surface area contributed by atoms with Crippen LogP contribution < -0.4 is 0 Å². The standard InChI is InChI=1S/C18H35NO/c1-5-15-6-8-16(9-7-15)14-19-12-10-17(11-13-19)20-18(2,3)4/h15-17H,5-14H2,1-4H3. The van der Waals surface area contributed by atoms with Crippen molar-refractivity contribution in [3.8, 4) is 0 Å². The summed E-state index contributed by atoms with van der Waals surface area (Å²) in [6.07, 6.45) is 10.2. The molecule has 0 aromatic carbocycles. The second-order valence-electron chi connectivity index (χ2n) is 8.03. The van der Waals surface area contributed by atoms with Gasteiger partial charge in [-0.05, 0) is 58.3 Å². The minimum absolute atomic E-state index is 0.0192. The highest BCUT2D eigenvalue weighted by molar-refractivity contribution is 4.79. The van der Waals surface area contributed by atoms with Gasteiger partial charge in [-0.2, -0.15) is 0 Å². The summed E-state index contributed by atoms with van der Waals surface area (Å²) in [4.78, 5) is 2.69. The molecular formula is C18H35NO. The minimum Gasteiger partial charge on any atom is -0.373 e. The molecule has 0 aromatic heterocycles. The van der Waals surface area contributed by atoms with Gasteiger partial charge >= 0.3 is 0 Å². The van der Waals surface area contributed by atoms with Gasteiger partial charge in [-0.1, -0.05) is 26.2 Å². The Morgan fingerprint density at radius 3 is 1.95 bits per heavy atom. The number of piperidine rings is 1. The zero-order valence-corrected chi connectivity index (χ0v) is 14.2. The molecule has 2 heteroatoms. The fraction of sp³-hybridized carbons (Fsp3) is 1.00. The molecule has 0 atom stereocenters. The molecule has 0 spiro atoms. The molecule has 20 heavy (non-hydrogen) atoms. The summed E-state index contributed by atoms with van der Waals surface area (Å²) in [7, 11) is 0. The predicted octanol–water partition coefficient (Wildman–Crippen LogP) is 4.48. The van der Waals surface area contributed by atoms with Crippen molar-refractivity contribution in [1.29, 1.82) is 0 Å². The van der Waals surface area contributed by atoms with Crippen LogP contribution in [0, 0.1) is 11.8 Å². The Bertz CT molecular complexity index is 268. The number of rotatable bonds is 4. The Labute approximate surface area is 126 Å². The molecule has 1 aliphatic heterocycles. The molecule has 1 saturated carbocycles. The Balaban J connectivity index is 1.65. The van der Waals surface area contributed by atoms with E-state index in [1.807, 2.05) is 0 Å². The third-order valence-electron chi connectivity index (χ3n) is 5.11. The summed E-state index contributed by atoms with van der Waals surface area (Å²) < 4.78 is 6.12. The lowest BCUT2D eigenvalue weighted by atomic mass is 9.80. The van der Waals surface area contributed by atoms with Crippen molar-refractivity contribution in [1.82, 2.24) is 4.90 Å². The Morgan fingerprint density at radius 2 is 1.45 bits per heavy atom. The van der Waals surface area contributed by atoms with Crippen LogP contribution in [0.5, 0.6) is 0 Å². The van der Waals surface area contributed by atoms with Crippen molar-refractivity contribution in [2.45, 2.75) is 84.3 Å². The van der Waals surface area contributed by atoms with Crippen molar-refractivity contribution in [2.75, 3.05) is 19.6 Å². The van der Waals surface area contributed by atoms with Gasteiger partial charge in [0.05, 0.1) is 11.7 Å². The van der Waals surface area contributed by atoms with E-state index in [1.54, 1.807) is 0 Å². The lowest BCUT2D eigenvalue weighted by molar-refractivity contribution is -0.0833. The van der Waals surface area contributed by atoms with Gasteiger partial charge in [-0.25, -0.2) is 0 Å². The molecule has 0 unspecified atom stereocenters. The van der Waals surface area contributed by atoms with E-state index in [9.17, 15) is 0 Å². The SMILES string of the molecule is CCC1CCC(CN2CCC(OC(C)(C)C)CC2)CC1. The van der Waals surface area contributed by atoms with Crippen molar-refractivity contribution >= 4 is 0 Å². The fourth-order valence-electron chi connectivity index (χ4n) is 3.90. The highest BCUT2D eigenvalue weighted by atomic mass is 16.5. The monoisotopic (exact) mass is 281 g/mol. The Morgan fingerprint density at radius 1 is 0.900 bits per heavy atom. The van der Waals surface area contributed by atoms with Crippen molar-refractivity contribution in [3.05, 3.63) is 0 Å². The van der Waals surface area contributed by atoms with Crippen LogP contribution in [0.3, 0.4) is 0 Å². The Hall–Kier alpha value is -0.0800. The number of hydrogen-bond acceptors (Lipinski definition) is 2. The molecule has 0 bridgehead atoms. The van der Waals surface area contributed by atoms with Gasteiger partial charge < -0.3 is 9.64 Å². The maximum Gasteiger partial charge on any atom is 0.0606 e. The molecule has 2 rings (SSSR count). The maximum atomic E-state index is 6.12. The quantitative estimate of drug-likeness (QED) is 0.753. The minimum atomic E-state index is 0.0192. The average Bonchev–Trinajstić information content (AvgIpc) is 2.40. The molecular weight excluding hydrogens is 246 g/mol. The molecule has 2 aliphatic rings. The average molecular weight is 281 g/mol. The van der Waals surface area contributed by atoms with Crippen molar-refractivity contribution in [2.24, 2.45) is 11.8 Å². The molecule has 1 aliphatic carbocycles. The second kappa shape index (κ2) is 7.26. The number of nitrogens with zero attached hydrogens (tertiary/aromatic N) is 1. The molecule has 0 radical (unpaired) electrons. The number of likely N-dealkylation sites (tertiary alicyclic amines) is 1. The smallest absolute Gasteiger partial charge is 0.0606 e. The van der Waals surface area contributed by atoms with E-state index in [4.69, 9.17) is 4.74 Å². The summed E-state index contributed by atoms with van der Waals surface area (Å²) >= 11 is 0. The Kier molecular flexibility index (Phi) is 5.92. The third-order valence-corrected chi connectivity index (χ3v) is 5.11. The van der Waals surface area contributed by atoms with Crippen LogP contribution in [-0.2, 0) is 4.74 Å². The zero-order chi connectivity index (χ0) is 14.6. The molecule has 2 fully saturated rings. The van der Waals surface area contributed by atoms with E-state index < -0.39 is 0 Å². The van der Waals surface area contributed by atoms with Gasteiger partial charge in [-0.3, -0.25) is 0 Å². The topological polar surface area (TPSA) is 12.5 Å². The zero-order valence-electron chi connectivity index (χ0n) is 14.2. The van der Waals surface area contributed by atoms with E-state index in [0.29, 0.717) is 6.10 Å². The van der Waals surface area contributed by atoms with Crippen molar-refractivity contribution < 1.29 is 4.74 Å². The van der Waals surface area contributed by atoms with E-state index in [-0.39, 0.29) is 5.60 Å². The largest absolute Gasteiger partial charge is 0.373 e.